The van der Waals surface area contributed by atoms with Gasteiger partial charge in [0.1, 0.15) is 5.52 Å². The Morgan fingerprint density at radius 2 is 2.18 bits per heavy atom. The Labute approximate surface area is 131 Å². The van der Waals surface area contributed by atoms with E-state index in [2.05, 4.69) is 31.1 Å². The van der Waals surface area contributed by atoms with Crippen molar-refractivity contribution in [3.8, 4) is 0 Å². The second kappa shape index (κ2) is 6.11. The summed E-state index contributed by atoms with van der Waals surface area (Å²) in [7, 11) is 0. The molecule has 0 saturated heterocycles. The average molecular weight is 300 g/mol. The Kier molecular flexibility index (Phi) is 4.19. The first-order valence-corrected chi connectivity index (χ1v) is 8.19. The van der Waals surface area contributed by atoms with E-state index in [-0.39, 0.29) is 11.8 Å². The van der Waals surface area contributed by atoms with Gasteiger partial charge in [-0.2, -0.15) is 0 Å². The van der Waals surface area contributed by atoms with Gasteiger partial charge in [0.25, 0.3) is 0 Å². The molecule has 3 atom stereocenters. The third kappa shape index (κ3) is 2.87. The largest absolute Gasteiger partial charge is 0.443 e. The minimum absolute atomic E-state index is 0.0957. The van der Waals surface area contributed by atoms with E-state index in [1.165, 1.54) is 6.39 Å². The first-order valence-electron chi connectivity index (χ1n) is 8.19. The molecule has 1 aliphatic rings. The van der Waals surface area contributed by atoms with Crippen LogP contribution in [-0.4, -0.2) is 10.9 Å². The first kappa shape index (κ1) is 15.1. The first-order chi connectivity index (χ1) is 10.6. The molecule has 1 heterocycles. The molecule has 0 radical (unpaired) electrons. The van der Waals surface area contributed by atoms with Gasteiger partial charge in [-0.3, -0.25) is 4.79 Å². The summed E-state index contributed by atoms with van der Waals surface area (Å²) in [5.74, 6) is 1.93. The van der Waals surface area contributed by atoms with Gasteiger partial charge in [0.15, 0.2) is 12.0 Å². The minimum Gasteiger partial charge on any atom is -0.443 e. The standard InChI is InChI=1S/C18H24N2O2/c1-11(2)14-9-12(3)7-8-13(14)18(21)20-15-5-4-6-16-17(15)19-10-22-16/h4-6,10-14H,7-9H2,1-3H3,(H,20,21). The molecule has 1 saturated carbocycles. The van der Waals surface area contributed by atoms with Crippen LogP contribution in [0.25, 0.3) is 11.1 Å². The van der Waals surface area contributed by atoms with Crippen molar-refractivity contribution in [3.05, 3.63) is 24.6 Å². The number of hydrogen-bond acceptors (Lipinski definition) is 3. The number of nitrogens with zero attached hydrogens (tertiary/aromatic N) is 1. The zero-order chi connectivity index (χ0) is 15.7. The van der Waals surface area contributed by atoms with E-state index in [1.54, 1.807) is 0 Å². The second-order valence-corrected chi connectivity index (χ2v) is 6.93. The van der Waals surface area contributed by atoms with Crippen LogP contribution in [0.2, 0.25) is 0 Å². The Morgan fingerprint density at radius 3 is 2.95 bits per heavy atom. The summed E-state index contributed by atoms with van der Waals surface area (Å²) in [5, 5.41) is 3.08. The fourth-order valence-corrected chi connectivity index (χ4v) is 3.70. The van der Waals surface area contributed by atoms with Crippen molar-refractivity contribution in [1.82, 2.24) is 4.98 Å². The lowest BCUT2D eigenvalue weighted by Gasteiger charge is -2.36. The molecule has 3 rings (SSSR count). The quantitative estimate of drug-likeness (QED) is 0.909. The number of oxazole rings is 1. The maximum absolute atomic E-state index is 12.8. The summed E-state index contributed by atoms with van der Waals surface area (Å²) in [4.78, 5) is 17.0. The highest BCUT2D eigenvalue weighted by atomic mass is 16.3. The monoisotopic (exact) mass is 300 g/mol. The van der Waals surface area contributed by atoms with Crippen LogP contribution < -0.4 is 5.32 Å². The molecule has 0 aliphatic heterocycles. The Balaban J connectivity index is 1.80. The summed E-state index contributed by atoms with van der Waals surface area (Å²) < 4.78 is 5.30. The molecule has 4 heteroatoms. The van der Waals surface area contributed by atoms with Crippen LogP contribution in [0.4, 0.5) is 5.69 Å². The number of hydrogen-bond donors (Lipinski definition) is 1. The lowest BCUT2D eigenvalue weighted by atomic mass is 9.69. The smallest absolute Gasteiger partial charge is 0.227 e. The van der Waals surface area contributed by atoms with Gasteiger partial charge in [0.2, 0.25) is 5.91 Å². The maximum Gasteiger partial charge on any atom is 0.227 e. The number of amides is 1. The predicted octanol–water partition coefficient (Wildman–Crippen LogP) is 4.47. The van der Waals surface area contributed by atoms with E-state index in [9.17, 15) is 4.79 Å². The van der Waals surface area contributed by atoms with Crippen LogP contribution in [0.15, 0.2) is 29.0 Å². The lowest BCUT2D eigenvalue weighted by molar-refractivity contribution is -0.123. The molecule has 0 spiro atoms. The second-order valence-electron chi connectivity index (χ2n) is 6.93. The summed E-state index contributed by atoms with van der Waals surface area (Å²) in [5.41, 5.74) is 2.17. The van der Waals surface area contributed by atoms with Crippen molar-refractivity contribution in [2.24, 2.45) is 23.7 Å². The molecule has 0 bridgehead atoms. The van der Waals surface area contributed by atoms with Gasteiger partial charge in [-0.15, -0.1) is 0 Å². The Morgan fingerprint density at radius 1 is 1.36 bits per heavy atom. The molecule has 1 N–H and O–H groups in total. The van der Waals surface area contributed by atoms with Crippen LogP contribution in [0.5, 0.6) is 0 Å². The normalized spacial score (nSPS) is 25.5. The number of carbonyl (C=O) groups excluding carboxylic acids is 1. The molecule has 1 aliphatic carbocycles. The van der Waals surface area contributed by atoms with Crippen molar-refractivity contribution in [1.29, 1.82) is 0 Å². The number of aromatic nitrogens is 1. The van der Waals surface area contributed by atoms with Crippen molar-refractivity contribution >= 4 is 22.7 Å². The van der Waals surface area contributed by atoms with Gasteiger partial charge in [0, 0.05) is 5.92 Å². The topological polar surface area (TPSA) is 55.1 Å². The number of rotatable bonds is 3. The molecule has 3 unspecified atom stereocenters. The Hall–Kier alpha value is -1.84. The molecule has 118 valence electrons. The lowest BCUT2D eigenvalue weighted by Crippen LogP contribution is -2.36. The van der Waals surface area contributed by atoms with Gasteiger partial charge in [-0.25, -0.2) is 4.98 Å². The fourth-order valence-electron chi connectivity index (χ4n) is 3.70. The number of anilines is 1. The SMILES string of the molecule is CC1CCC(C(=O)Nc2cccc3ocnc23)C(C(C)C)C1. The van der Waals surface area contributed by atoms with Crippen LogP contribution in [0.3, 0.4) is 0 Å². The molecular formula is C18H24N2O2. The number of para-hydroxylation sites is 1. The maximum atomic E-state index is 12.8. The number of benzene rings is 1. The summed E-state index contributed by atoms with van der Waals surface area (Å²) in [6.45, 7) is 6.74. The molecule has 4 nitrogen and oxygen atoms in total. The molecular weight excluding hydrogens is 276 g/mol. The van der Waals surface area contributed by atoms with Gasteiger partial charge in [-0.05, 0) is 49.1 Å². The Bertz CT molecular complexity index is 662. The average Bonchev–Trinajstić information content (AvgIpc) is 2.96. The van der Waals surface area contributed by atoms with Crippen LogP contribution in [0, 0.1) is 23.7 Å². The van der Waals surface area contributed by atoms with Crippen molar-refractivity contribution in [2.45, 2.75) is 40.0 Å². The van der Waals surface area contributed by atoms with E-state index in [1.807, 2.05) is 18.2 Å². The van der Waals surface area contributed by atoms with E-state index in [0.717, 1.165) is 36.4 Å². The van der Waals surface area contributed by atoms with E-state index in [4.69, 9.17) is 4.42 Å². The number of fused-ring (bicyclic) bond motifs is 1. The molecule has 1 amide bonds. The van der Waals surface area contributed by atoms with E-state index >= 15 is 0 Å². The summed E-state index contributed by atoms with van der Waals surface area (Å²) in [6, 6.07) is 5.63. The third-order valence-corrected chi connectivity index (χ3v) is 4.97. The molecule has 1 fully saturated rings. The van der Waals surface area contributed by atoms with E-state index < -0.39 is 0 Å². The van der Waals surface area contributed by atoms with Gasteiger partial charge in [0.05, 0.1) is 5.69 Å². The zero-order valence-electron chi connectivity index (χ0n) is 13.5. The van der Waals surface area contributed by atoms with Crippen molar-refractivity contribution in [3.63, 3.8) is 0 Å². The molecule has 1 aromatic heterocycles. The van der Waals surface area contributed by atoms with Crippen LogP contribution in [0.1, 0.15) is 40.0 Å². The van der Waals surface area contributed by atoms with Crippen molar-refractivity contribution in [2.75, 3.05) is 5.32 Å². The van der Waals surface area contributed by atoms with Gasteiger partial charge in [-0.1, -0.05) is 26.8 Å². The summed E-state index contributed by atoms with van der Waals surface area (Å²) >= 11 is 0. The highest BCUT2D eigenvalue weighted by Gasteiger charge is 2.35. The van der Waals surface area contributed by atoms with Crippen LogP contribution in [-0.2, 0) is 4.79 Å². The molecule has 2 aromatic rings. The fraction of sp³-hybridized carbons (Fsp3) is 0.556. The predicted molar refractivity (Wildman–Crippen MR) is 87.5 cm³/mol. The molecule has 22 heavy (non-hydrogen) atoms. The number of carbonyl (C=O) groups is 1. The van der Waals surface area contributed by atoms with Gasteiger partial charge >= 0.3 is 0 Å². The number of nitrogens with one attached hydrogen (secondary N) is 1. The van der Waals surface area contributed by atoms with Crippen LogP contribution >= 0.6 is 0 Å². The highest BCUT2D eigenvalue weighted by molar-refractivity contribution is 5.99. The minimum atomic E-state index is 0.0957. The highest BCUT2D eigenvalue weighted by Crippen LogP contribution is 2.39. The zero-order valence-corrected chi connectivity index (χ0v) is 13.5. The third-order valence-electron chi connectivity index (χ3n) is 4.97. The van der Waals surface area contributed by atoms with Crippen molar-refractivity contribution < 1.29 is 9.21 Å². The molecule has 1 aromatic carbocycles. The summed E-state index contributed by atoms with van der Waals surface area (Å²) in [6.07, 6.45) is 4.67. The van der Waals surface area contributed by atoms with E-state index in [0.29, 0.717) is 17.4 Å². The van der Waals surface area contributed by atoms with Gasteiger partial charge < -0.3 is 9.73 Å².